The summed E-state index contributed by atoms with van der Waals surface area (Å²) in [6.45, 7) is 16.7. The monoisotopic (exact) mass is 888 g/mol. The Labute approximate surface area is 372 Å². The van der Waals surface area contributed by atoms with Gasteiger partial charge in [0.2, 0.25) is 23.6 Å². The molecule has 0 aliphatic carbocycles. The zero-order valence-electron chi connectivity index (χ0n) is 38.6. The van der Waals surface area contributed by atoms with Gasteiger partial charge in [0.1, 0.15) is 28.7 Å². The van der Waals surface area contributed by atoms with Gasteiger partial charge in [0, 0.05) is 36.9 Å². The van der Waals surface area contributed by atoms with Crippen LogP contribution in [-0.4, -0.2) is 95.0 Å². The third kappa shape index (κ3) is 15.4. The number of likely N-dealkylation sites (tertiary alicyclic amines) is 1. The fourth-order valence-corrected chi connectivity index (χ4v) is 8.87. The van der Waals surface area contributed by atoms with Gasteiger partial charge in [0.05, 0.1) is 23.8 Å². The summed E-state index contributed by atoms with van der Waals surface area (Å²) < 4.78 is 21.3. The number of carboxylic acids is 1. The number of nitrogens with two attached hydrogens (primary N) is 1. The summed E-state index contributed by atoms with van der Waals surface area (Å²) >= 11 is 1.31. The van der Waals surface area contributed by atoms with Crippen molar-refractivity contribution in [2.24, 2.45) is 34.8 Å². The Bertz CT molecular complexity index is 1770. The maximum absolute atomic E-state index is 15.0. The van der Waals surface area contributed by atoms with Gasteiger partial charge in [0.25, 0.3) is 0 Å². The van der Waals surface area contributed by atoms with Gasteiger partial charge in [0.15, 0.2) is 0 Å². The molecule has 2 aromatic rings. The number of amides is 4. The van der Waals surface area contributed by atoms with Crippen molar-refractivity contribution in [3.05, 3.63) is 40.0 Å². The molecule has 1 aliphatic rings. The van der Waals surface area contributed by atoms with Crippen LogP contribution in [0.1, 0.15) is 136 Å². The average molecular weight is 888 g/mol. The molecule has 0 radical (unpaired) electrons. The molecule has 1 aromatic heterocycles. The number of unbranched alkanes of at least 4 members (excludes halogenated alkanes) is 3. The Morgan fingerprint density at radius 3 is 2.39 bits per heavy atom. The quantitative estimate of drug-likeness (QED) is 0.0464. The van der Waals surface area contributed by atoms with Crippen LogP contribution in [0.5, 0.6) is 0 Å². The fourth-order valence-electron chi connectivity index (χ4n) is 8.06. The minimum atomic E-state index is -1.28. The zero-order valence-corrected chi connectivity index (χ0v) is 39.4. The van der Waals surface area contributed by atoms with E-state index in [1.807, 2.05) is 32.7 Å². The van der Waals surface area contributed by atoms with Crippen LogP contribution >= 0.6 is 11.3 Å². The Morgan fingerprint density at radius 1 is 1.06 bits per heavy atom. The first kappa shape index (κ1) is 52.4. The standard InChI is InChI=1S/C46H74FN7O7S/c1-10-13-14-16-22-54(44(58)40(30(6)11-2)42(57)52-38-18-15-17-21-53(38)9)35(29(4)5)25-36(61-12-3)43-51-37(28-62-43)50-41(56)32(26-46(7,8)45(59)60)23-31-19-20-34(33(47)24-31)49-39(55)27-48/h19-20,24,28-30,32,35-36,38,40H,10-18,21-23,25-27,48H2,1-9H3,(H,49,55)(H,50,56)(H,52,57)(H,59,60)/t30-,32-,35+,36+,38+,40-/m0/s1. The van der Waals surface area contributed by atoms with Crippen LogP contribution in [-0.2, 0) is 35.1 Å². The van der Waals surface area contributed by atoms with E-state index < -0.39 is 47.0 Å². The highest BCUT2D eigenvalue weighted by Crippen LogP contribution is 2.35. The number of piperidine rings is 1. The lowest BCUT2D eigenvalue weighted by Crippen LogP contribution is -2.56. The molecule has 14 nitrogen and oxygen atoms in total. The van der Waals surface area contributed by atoms with Crippen molar-refractivity contribution >= 4 is 52.4 Å². The highest BCUT2D eigenvalue weighted by molar-refractivity contribution is 7.10. The van der Waals surface area contributed by atoms with Crippen molar-refractivity contribution in [2.45, 2.75) is 144 Å². The summed E-state index contributed by atoms with van der Waals surface area (Å²) in [7, 11) is 2.01. The molecule has 16 heteroatoms. The van der Waals surface area contributed by atoms with Gasteiger partial charge in [-0.15, -0.1) is 11.3 Å². The molecule has 2 heterocycles. The lowest BCUT2D eigenvalue weighted by atomic mass is 9.80. The number of aliphatic carboxylic acids is 1. The van der Waals surface area contributed by atoms with E-state index in [1.165, 1.54) is 37.3 Å². The summed E-state index contributed by atoms with van der Waals surface area (Å²) in [4.78, 5) is 75.8. The van der Waals surface area contributed by atoms with Crippen molar-refractivity contribution in [3.63, 3.8) is 0 Å². The number of thiazole rings is 1. The number of ether oxygens (including phenoxy) is 1. The number of carbonyl (C=O) groups is 5. The summed E-state index contributed by atoms with van der Waals surface area (Å²) in [5, 5.41) is 20.7. The lowest BCUT2D eigenvalue weighted by molar-refractivity contribution is -0.149. The first-order valence-corrected chi connectivity index (χ1v) is 23.5. The maximum Gasteiger partial charge on any atom is 0.309 e. The summed E-state index contributed by atoms with van der Waals surface area (Å²) in [5.74, 6) is -4.87. The first-order chi connectivity index (χ1) is 29.4. The zero-order chi connectivity index (χ0) is 46.1. The van der Waals surface area contributed by atoms with Gasteiger partial charge in [-0.2, -0.15) is 0 Å². The highest BCUT2D eigenvalue weighted by Gasteiger charge is 2.40. The Kier molecular flexibility index (Phi) is 21.4. The van der Waals surface area contributed by atoms with Crippen molar-refractivity contribution in [2.75, 3.05) is 43.9 Å². The number of nitrogens with one attached hydrogen (secondary N) is 3. The SMILES string of the molecule is CCCCCCN(C(=O)[C@H](C(=O)N[C@H]1CCCCN1C)[C@@H](C)CC)[C@H](C[C@@H](OCC)c1nc(NC(=O)[C@@H](Cc2ccc(NC(=O)CN)c(F)c2)CC(C)(C)C(=O)O)cs1)C(C)C. The second-order valence-electron chi connectivity index (χ2n) is 17.9. The average Bonchev–Trinajstić information content (AvgIpc) is 3.69. The van der Waals surface area contributed by atoms with E-state index in [4.69, 9.17) is 15.5 Å². The van der Waals surface area contributed by atoms with Crippen molar-refractivity contribution in [1.29, 1.82) is 0 Å². The molecule has 348 valence electrons. The molecule has 3 rings (SSSR count). The van der Waals surface area contributed by atoms with Crippen LogP contribution in [0.15, 0.2) is 23.6 Å². The van der Waals surface area contributed by atoms with Crippen LogP contribution in [0.2, 0.25) is 0 Å². The third-order valence-electron chi connectivity index (χ3n) is 12.1. The molecular formula is C46H74FN7O7S. The molecule has 1 aromatic carbocycles. The molecule has 1 fully saturated rings. The predicted molar refractivity (Wildman–Crippen MR) is 243 cm³/mol. The summed E-state index contributed by atoms with van der Waals surface area (Å²) in [5.41, 5.74) is 4.45. The Morgan fingerprint density at radius 2 is 1.79 bits per heavy atom. The van der Waals surface area contributed by atoms with E-state index in [-0.39, 0.29) is 66.7 Å². The van der Waals surface area contributed by atoms with E-state index in [1.54, 1.807) is 11.4 Å². The molecule has 0 spiro atoms. The van der Waals surface area contributed by atoms with Crippen LogP contribution in [0, 0.1) is 34.9 Å². The van der Waals surface area contributed by atoms with Crippen LogP contribution in [0.3, 0.4) is 0 Å². The van der Waals surface area contributed by atoms with Gasteiger partial charge in [-0.3, -0.25) is 28.9 Å². The summed E-state index contributed by atoms with van der Waals surface area (Å²) in [6, 6.07) is 3.88. The largest absolute Gasteiger partial charge is 0.481 e. The van der Waals surface area contributed by atoms with E-state index >= 15 is 0 Å². The number of carboxylic acid groups (broad SMARTS) is 1. The second kappa shape index (κ2) is 25.3. The van der Waals surface area contributed by atoms with E-state index in [0.29, 0.717) is 36.6 Å². The molecule has 4 amide bonds. The van der Waals surface area contributed by atoms with E-state index in [0.717, 1.165) is 51.5 Å². The fraction of sp³-hybridized carbons (Fsp3) is 0.696. The van der Waals surface area contributed by atoms with Crippen molar-refractivity contribution < 1.29 is 38.2 Å². The molecule has 0 saturated carbocycles. The topological polar surface area (TPSA) is 196 Å². The van der Waals surface area contributed by atoms with Crippen LogP contribution < -0.4 is 21.7 Å². The molecule has 1 saturated heterocycles. The number of carbonyl (C=O) groups excluding carboxylic acids is 4. The number of aromatic nitrogens is 1. The van der Waals surface area contributed by atoms with Crippen LogP contribution in [0.25, 0.3) is 0 Å². The molecule has 0 bridgehead atoms. The Hall–Kier alpha value is -3.99. The number of halogens is 1. The number of nitrogens with zero attached hydrogens (tertiary/aromatic N) is 3. The normalized spacial score (nSPS) is 17.1. The van der Waals surface area contributed by atoms with Crippen molar-refractivity contribution in [3.8, 4) is 0 Å². The van der Waals surface area contributed by atoms with Gasteiger partial charge in [-0.25, -0.2) is 9.37 Å². The summed E-state index contributed by atoms with van der Waals surface area (Å²) in [6.07, 6.45) is 7.20. The first-order valence-electron chi connectivity index (χ1n) is 22.6. The van der Waals surface area contributed by atoms with E-state index in [9.17, 15) is 33.5 Å². The lowest BCUT2D eigenvalue weighted by Gasteiger charge is -2.40. The number of hydrogen-bond acceptors (Lipinski definition) is 10. The van der Waals surface area contributed by atoms with E-state index in [2.05, 4.69) is 41.6 Å². The van der Waals surface area contributed by atoms with Gasteiger partial charge in [-0.05, 0) is 102 Å². The number of rotatable bonds is 26. The molecule has 1 aliphatic heterocycles. The second-order valence-corrected chi connectivity index (χ2v) is 18.8. The van der Waals surface area contributed by atoms with Crippen LogP contribution in [0.4, 0.5) is 15.9 Å². The molecule has 6 atom stereocenters. The molecular weight excluding hydrogens is 814 g/mol. The predicted octanol–water partition coefficient (Wildman–Crippen LogP) is 7.60. The number of anilines is 2. The molecule has 6 N–H and O–H groups in total. The minimum Gasteiger partial charge on any atom is -0.481 e. The minimum absolute atomic E-state index is 0.00604. The maximum atomic E-state index is 15.0. The smallest absolute Gasteiger partial charge is 0.309 e. The third-order valence-corrected chi connectivity index (χ3v) is 13.0. The molecule has 62 heavy (non-hydrogen) atoms. The Balaban J connectivity index is 1.92. The van der Waals surface area contributed by atoms with Gasteiger partial charge >= 0.3 is 5.97 Å². The number of hydrogen-bond donors (Lipinski definition) is 5. The highest BCUT2D eigenvalue weighted by atomic mass is 32.1. The van der Waals surface area contributed by atoms with Crippen molar-refractivity contribution in [1.82, 2.24) is 20.1 Å². The van der Waals surface area contributed by atoms with Gasteiger partial charge in [-0.1, -0.05) is 66.4 Å². The molecule has 0 unspecified atom stereocenters. The number of benzene rings is 1. The van der Waals surface area contributed by atoms with Gasteiger partial charge < -0.3 is 36.4 Å².